The fraction of sp³-hybridized carbons (Fsp3) is 0.385. The number of carbonyl (C=O) groups excluding carboxylic acids is 1. The third-order valence-electron chi connectivity index (χ3n) is 5.99. The molecule has 1 aliphatic rings. The van der Waals surface area contributed by atoms with Gasteiger partial charge in [-0.2, -0.15) is 0 Å². The monoisotopic (exact) mass is 469 g/mol. The lowest BCUT2D eigenvalue weighted by molar-refractivity contribution is 0.0716. The topological polar surface area (TPSA) is 80.0 Å². The molecule has 2 aromatic carbocycles. The highest BCUT2D eigenvalue weighted by atomic mass is 35.5. The van der Waals surface area contributed by atoms with E-state index in [0.717, 1.165) is 30.4 Å². The fourth-order valence-electron chi connectivity index (χ4n) is 4.28. The van der Waals surface area contributed by atoms with Crippen LogP contribution in [0.2, 0.25) is 5.02 Å². The third kappa shape index (κ3) is 4.50. The number of aliphatic hydroxyl groups excluding tert-OH is 1. The second kappa shape index (κ2) is 9.98. The molecule has 1 atom stereocenters. The van der Waals surface area contributed by atoms with E-state index in [2.05, 4.69) is 6.92 Å². The molecule has 0 spiro atoms. The summed E-state index contributed by atoms with van der Waals surface area (Å²) >= 11 is 6.28. The summed E-state index contributed by atoms with van der Waals surface area (Å²) in [5.41, 5.74) is 1.89. The highest BCUT2D eigenvalue weighted by Crippen LogP contribution is 2.39. The van der Waals surface area contributed by atoms with Gasteiger partial charge in [0, 0.05) is 18.2 Å². The molecule has 7 heteroatoms. The molecule has 0 bridgehead atoms. The molecule has 1 N–H and O–H groups in total. The molecule has 33 heavy (non-hydrogen) atoms. The van der Waals surface area contributed by atoms with Gasteiger partial charge in [-0.15, -0.1) is 0 Å². The van der Waals surface area contributed by atoms with Crippen LogP contribution in [0.1, 0.15) is 65.9 Å². The fourth-order valence-corrected chi connectivity index (χ4v) is 4.44. The molecule has 1 aliphatic heterocycles. The van der Waals surface area contributed by atoms with Crippen molar-refractivity contribution in [2.75, 3.05) is 19.8 Å². The van der Waals surface area contributed by atoms with Crippen molar-refractivity contribution in [3.8, 4) is 5.75 Å². The number of aryl methyl sites for hydroxylation is 1. The van der Waals surface area contributed by atoms with Crippen LogP contribution in [0.3, 0.4) is 0 Å². The number of aliphatic hydroxyl groups is 1. The van der Waals surface area contributed by atoms with Crippen molar-refractivity contribution in [1.82, 2.24) is 4.90 Å². The quantitative estimate of drug-likeness (QED) is 0.433. The molecule has 1 unspecified atom stereocenters. The summed E-state index contributed by atoms with van der Waals surface area (Å²) in [6, 6.07) is 10.1. The number of amides is 1. The van der Waals surface area contributed by atoms with Crippen LogP contribution < -0.4 is 10.2 Å². The van der Waals surface area contributed by atoms with Crippen LogP contribution in [-0.4, -0.2) is 35.7 Å². The molecule has 0 fully saturated rings. The van der Waals surface area contributed by atoms with Crippen molar-refractivity contribution >= 4 is 28.5 Å². The summed E-state index contributed by atoms with van der Waals surface area (Å²) in [4.78, 5) is 28.5. The number of carbonyl (C=O) groups is 1. The van der Waals surface area contributed by atoms with E-state index in [0.29, 0.717) is 46.9 Å². The van der Waals surface area contributed by atoms with Crippen LogP contribution in [0, 0.1) is 6.92 Å². The van der Waals surface area contributed by atoms with Crippen LogP contribution >= 0.6 is 11.6 Å². The van der Waals surface area contributed by atoms with Crippen LogP contribution in [0.5, 0.6) is 5.75 Å². The van der Waals surface area contributed by atoms with E-state index >= 15 is 0 Å². The van der Waals surface area contributed by atoms with Gasteiger partial charge in [0.05, 0.1) is 23.6 Å². The number of hydrogen-bond donors (Lipinski definition) is 1. The highest BCUT2D eigenvalue weighted by molar-refractivity contribution is 6.32. The molecule has 1 aromatic heterocycles. The van der Waals surface area contributed by atoms with E-state index in [4.69, 9.17) is 20.8 Å². The zero-order chi connectivity index (χ0) is 23.5. The first kappa shape index (κ1) is 23.3. The molecule has 1 amide bonds. The van der Waals surface area contributed by atoms with Gasteiger partial charge in [-0.3, -0.25) is 9.59 Å². The Morgan fingerprint density at radius 2 is 1.97 bits per heavy atom. The van der Waals surface area contributed by atoms with Crippen LogP contribution in [0.25, 0.3) is 11.0 Å². The van der Waals surface area contributed by atoms with Crippen molar-refractivity contribution in [1.29, 1.82) is 0 Å². The third-order valence-corrected chi connectivity index (χ3v) is 6.40. The lowest BCUT2D eigenvalue weighted by atomic mass is 9.98. The molecule has 174 valence electrons. The number of benzene rings is 2. The molecule has 2 heterocycles. The van der Waals surface area contributed by atoms with Gasteiger partial charge < -0.3 is 19.2 Å². The van der Waals surface area contributed by atoms with Gasteiger partial charge in [-0.05, 0) is 55.2 Å². The summed E-state index contributed by atoms with van der Waals surface area (Å²) in [5, 5.41) is 10.2. The minimum atomic E-state index is -0.626. The standard InChI is InChI=1S/C26H28ClNO5/c1-3-4-5-12-32-18-9-6-8-17(14-18)23-22-24(30)19-15-20(27)16(2)13-21(19)33-25(22)26(31)28(23)10-7-11-29/h6,8-9,13-15,23,29H,3-5,7,10-12H2,1-2H3. The summed E-state index contributed by atoms with van der Waals surface area (Å²) in [6.45, 7) is 4.79. The van der Waals surface area contributed by atoms with Gasteiger partial charge in [0.25, 0.3) is 5.91 Å². The smallest absolute Gasteiger partial charge is 0.290 e. The van der Waals surface area contributed by atoms with Gasteiger partial charge in [0.15, 0.2) is 5.43 Å². The predicted octanol–water partition coefficient (Wildman–Crippen LogP) is 5.25. The maximum absolute atomic E-state index is 13.6. The number of fused-ring (bicyclic) bond motifs is 2. The molecule has 0 aliphatic carbocycles. The SMILES string of the molecule is CCCCCOc1cccc(C2c3c(oc4cc(C)c(Cl)cc4c3=O)C(=O)N2CCCO)c1. The molecular weight excluding hydrogens is 442 g/mol. The number of rotatable bonds is 9. The lowest BCUT2D eigenvalue weighted by Gasteiger charge is -2.25. The number of nitrogens with zero attached hydrogens (tertiary/aromatic N) is 1. The van der Waals surface area contributed by atoms with E-state index in [9.17, 15) is 14.7 Å². The van der Waals surface area contributed by atoms with E-state index in [1.54, 1.807) is 17.0 Å². The minimum Gasteiger partial charge on any atom is -0.494 e. The average molecular weight is 470 g/mol. The first-order valence-corrected chi connectivity index (χ1v) is 11.8. The Hall–Kier alpha value is -2.83. The normalized spacial score (nSPS) is 15.3. The molecule has 0 saturated heterocycles. The molecule has 0 radical (unpaired) electrons. The summed E-state index contributed by atoms with van der Waals surface area (Å²) < 4.78 is 11.9. The van der Waals surface area contributed by atoms with Crippen molar-refractivity contribution in [2.24, 2.45) is 0 Å². The summed E-state index contributed by atoms with van der Waals surface area (Å²) in [6.07, 6.45) is 3.55. The van der Waals surface area contributed by atoms with Crippen LogP contribution in [0.4, 0.5) is 0 Å². The predicted molar refractivity (Wildman–Crippen MR) is 128 cm³/mol. The summed E-state index contributed by atoms with van der Waals surface area (Å²) in [7, 11) is 0. The van der Waals surface area contributed by atoms with E-state index < -0.39 is 6.04 Å². The van der Waals surface area contributed by atoms with Crippen molar-refractivity contribution in [3.05, 3.63) is 74.1 Å². The molecule has 6 nitrogen and oxygen atoms in total. The van der Waals surface area contributed by atoms with Crippen LogP contribution in [-0.2, 0) is 0 Å². The zero-order valence-corrected chi connectivity index (χ0v) is 19.7. The van der Waals surface area contributed by atoms with Crippen molar-refractivity contribution in [2.45, 2.75) is 45.6 Å². The van der Waals surface area contributed by atoms with Gasteiger partial charge in [-0.1, -0.05) is 43.5 Å². The van der Waals surface area contributed by atoms with Gasteiger partial charge in [-0.25, -0.2) is 0 Å². The maximum Gasteiger partial charge on any atom is 0.290 e. The molecule has 4 rings (SSSR count). The lowest BCUT2D eigenvalue weighted by Crippen LogP contribution is -2.31. The Morgan fingerprint density at radius 1 is 1.15 bits per heavy atom. The second-order valence-corrected chi connectivity index (χ2v) is 8.79. The Balaban J connectivity index is 1.82. The van der Waals surface area contributed by atoms with Crippen molar-refractivity contribution < 1.29 is 19.1 Å². The second-order valence-electron chi connectivity index (χ2n) is 8.38. The number of ether oxygens (including phenoxy) is 1. The van der Waals surface area contributed by atoms with E-state index in [1.807, 2.05) is 31.2 Å². The van der Waals surface area contributed by atoms with Crippen molar-refractivity contribution in [3.63, 3.8) is 0 Å². The van der Waals surface area contributed by atoms with Gasteiger partial charge in [0.2, 0.25) is 5.76 Å². The Morgan fingerprint density at radius 3 is 2.73 bits per heavy atom. The highest BCUT2D eigenvalue weighted by Gasteiger charge is 2.42. The summed E-state index contributed by atoms with van der Waals surface area (Å²) in [5.74, 6) is 0.381. The van der Waals surface area contributed by atoms with Crippen LogP contribution in [0.15, 0.2) is 45.6 Å². The molecular formula is C26H28ClNO5. The molecule has 3 aromatic rings. The Bertz CT molecular complexity index is 1240. The van der Waals surface area contributed by atoms with Gasteiger partial charge >= 0.3 is 0 Å². The zero-order valence-electron chi connectivity index (χ0n) is 18.9. The number of hydrogen-bond acceptors (Lipinski definition) is 5. The largest absolute Gasteiger partial charge is 0.494 e. The Labute approximate surface area is 197 Å². The Kier molecular flexibility index (Phi) is 7.05. The van der Waals surface area contributed by atoms with E-state index in [-0.39, 0.29) is 23.7 Å². The average Bonchev–Trinajstić information content (AvgIpc) is 3.09. The van der Waals surface area contributed by atoms with E-state index in [1.165, 1.54) is 0 Å². The first-order valence-electron chi connectivity index (χ1n) is 11.4. The minimum absolute atomic E-state index is 0.0476. The molecule has 0 saturated carbocycles. The first-order chi connectivity index (χ1) is 16.0. The number of halogens is 1. The number of unbranched alkanes of at least 4 members (excludes halogenated alkanes) is 2. The van der Waals surface area contributed by atoms with Gasteiger partial charge in [0.1, 0.15) is 11.3 Å². The maximum atomic E-state index is 13.6.